The van der Waals surface area contributed by atoms with Crippen LogP contribution in [0, 0.1) is 0 Å². The van der Waals surface area contributed by atoms with E-state index in [1.807, 2.05) is 0 Å². The van der Waals surface area contributed by atoms with E-state index in [2.05, 4.69) is 25.3 Å². The molecule has 9 heteroatoms. The lowest BCUT2D eigenvalue weighted by atomic mass is 10.4. The molecule has 0 bridgehead atoms. The molecule has 0 saturated carbocycles. The second-order valence-corrected chi connectivity index (χ2v) is 4.54. The normalized spacial score (nSPS) is 11.0. The van der Waals surface area contributed by atoms with Crippen LogP contribution < -0.4 is 16.6 Å². The second-order valence-electron chi connectivity index (χ2n) is 4.54. The van der Waals surface area contributed by atoms with Crippen LogP contribution >= 0.6 is 0 Å². The highest BCUT2D eigenvalue weighted by Crippen LogP contribution is 2.09. The van der Waals surface area contributed by atoms with E-state index < -0.39 is 11.2 Å². The van der Waals surface area contributed by atoms with Crippen LogP contribution in [0.2, 0.25) is 0 Å². The average Bonchev–Trinajstić information content (AvgIpc) is 2.94. The van der Waals surface area contributed by atoms with Crippen LogP contribution in [0.1, 0.15) is 5.69 Å². The van der Waals surface area contributed by atoms with Gasteiger partial charge in [-0.05, 0) is 6.07 Å². The minimum atomic E-state index is -0.415. The minimum absolute atomic E-state index is 0.282. The Morgan fingerprint density at radius 2 is 2.10 bits per heavy atom. The molecule has 0 aromatic carbocycles. The monoisotopic (exact) mass is 287 g/mol. The van der Waals surface area contributed by atoms with Gasteiger partial charge in [0.2, 0.25) is 5.95 Å². The number of hydrogen-bond donors (Lipinski definition) is 2. The molecular weight excluding hydrogens is 274 g/mol. The molecule has 3 heterocycles. The number of anilines is 1. The van der Waals surface area contributed by atoms with Gasteiger partial charge in [-0.2, -0.15) is 4.98 Å². The van der Waals surface area contributed by atoms with Gasteiger partial charge in [0.25, 0.3) is 5.56 Å². The molecule has 21 heavy (non-hydrogen) atoms. The summed E-state index contributed by atoms with van der Waals surface area (Å²) in [6.45, 7) is 0.427. The Bertz CT molecular complexity index is 907. The van der Waals surface area contributed by atoms with E-state index in [0.717, 1.165) is 10.3 Å². The van der Waals surface area contributed by atoms with Gasteiger partial charge >= 0.3 is 5.69 Å². The van der Waals surface area contributed by atoms with Crippen molar-refractivity contribution >= 4 is 17.1 Å². The third-order valence-electron chi connectivity index (χ3n) is 3.17. The van der Waals surface area contributed by atoms with Gasteiger partial charge in [-0.25, -0.2) is 14.8 Å². The Morgan fingerprint density at radius 1 is 1.29 bits per heavy atom. The molecule has 3 rings (SSSR count). The van der Waals surface area contributed by atoms with Gasteiger partial charge in [0.05, 0.1) is 12.2 Å². The first-order valence-electron chi connectivity index (χ1n) is 6.22. The van der Waals surface area contributed by atoms with Crippen molar-refractivity contribution in [2.45, 2.75) is 6.54 Å². The van der Waals surface area contributed by atoms with E-state index in [1.54, 1.807) is 19.3 Å². The van der Waals surface area contributed by atoms with Gasteiger partial charge < -0.3 is 10.3 Å². The number of nitrogens with one attached hydrogen (secondary N) is 2. The van der Waals surface area contributed by atoms with Crippen LogP contribution in [-0.2, 0) is 20.6 Å². The molecule has 3 aromatic rings. The Balaban J connectivity index is 1.99. The molecule has 0 amide bonds. The first-order chi connectivity index (χ1) is 10.1. The van der Waals surface area contributed by atoms with Gasteiger partial charge in [-0.1, -0.05) is 0 Å². The summed E-state index contributed by atoms with van der Waals surface area (Å²) in [5, 5.41) is 3.02. The van der Waals surface area contributed by atoms with Crippen LogP contribution in [0.4, 0.5) is 5.95 Å². The molecule has 0 saturated heterocycles. The van der Waals surface area contributed by atoms with Crippen molar-refractivity contribution in [1.82, 2.24) is 29.1 Å². The number of aromatic amines is 1. The van der Waals surface area contributed by atoms with Crippen molar-refractivity contribution in [2.75, 3.05) is 5.32 Å². The van der Waals surface area contributed by atoms with Crippen molar-refractivity contribution in [3.8, 4) is 0 Å². The third kappa shape index (κ3) is 2.18. The van der Waals surface area contributed by atoms with Crippen molar-refractivity contribution in [3.63, 3.8) is 0 Å². The molecule has 3 aromatic heterocycles. The number of aryl methyl sites for hydroxylation is 1. The smallest absolute Gasteiger partial charge is 0.332 e. The summed E-state index contributed by atoms with van der Waals surface area (Å²) in [6.07, 6.45) is 3.09. The number of nitrogens with zero attached hydrogens (tertiary/aromatic N) is 5. The number of rotatable bonds is 3. The molecule has 9 nitrogen and oxygen atoms in total. The van der Waals surface area contributed by atoms with Gasteiger partial charge in [0.15, 0.2) is 11.2 Å². The van der Waals surface area contributed by atoms with E-state index >= 15 is 0 Å². The summed E-state index contributed by atoms with van der Waals surface area (Å²) in [6, 6.07) is 1.77. The molecular formula is C12H13N7O2. The van der Waals surface area contributed by atoms with Crippen LogP contribution in [0.5, 0.6) is 0 Å². The second kappa shape index (κ2) is 4.85. The first-order valence-corrected chi connectivity index (χ1v) is 6.22. The van der Waals surface area contributed by atoms with Crippen molar-refractivity contribution in [2.24, 2.45) is 14.1 Å². The highest BCUT2D eigenvalue weighted by atomic mass is 16.2. The van der Waals surface area contributed by atoms with Crippen LogP contribution in [0.15, 0.2) is 28.2 Å². The van der Waals surface area contributed by atoms with E-state index in [4.69, 9.17) is 0 Å². The van der Waals surface area contributed by atoms with Gasteiger partial charge in [0, 0.05) is 20.3 Å². The molecule has 0 spiro atoms. The maximum Gasteiger partial charge on any atom is 0.332 e. The minimum Gasteiger partial charge on any atom is -0.350 e. The summed E-state index contributed by atoms with van der Waals surface area (Å²) in [7, 11) is 3.00. The standard InChI is InChI=1S/C12H13N7O2/c1-18-9-8(10(20)19(2)12(18)21)16-11(17-9)14-5-7-3-4-13-6-15-7/h3-4,6H,5H2,1-2H3,(H2,14,16,17). The fourth-order valence-corrected chi connectivity index (χ4v) is 2.01. The van der Waals surface area contributed by atoms with Crippen LogP contribution in [0.3, 0.4) is 0 Å². The predicted molar refractivity (Wildman–Crippen MR) is 75.9 cm³/mol. The summed E-state index contributed by atoms with van der Waals surface area (Å²) in [5.41, 5.74) is 0.558. The van der Waals surface area contributed by atoms with Gasteiger partial charge in [-0.15, -0.1) is 0 Å². The lowest BCUT2D eigenvalue weighted by Crippen LogP contribution is -2.36. The number of imidazole rings is 1. The van der Waals surface area contributed by atoms with Gasteiger partial charge in [0.1, 0.15) is 6.33 Å². The average molecular weight is 287 g/mol. The predicted octanol–water partition coefficient (Wildman–Crippen LogP) is -0.638. The van der Waals surface area contributed by atoms with Gasteiger partial charge in [-0.3, -0.25) is 13.9 Å². The van der Waals surface area contributed by atoms with Crippen molar-refractivity contribution < 1.29 is 0 Å². The Morgan fingerprint density at radius 3 is 2.81 bits per heavy atom. The SMILES string of the molecule is Cn1c(=O)c2[nH]c(NCc3ccncn3)nc2n(C)c1=O. The van der Waals surface area contributed by atoms with Crippen LogP contribution in [0.25, 0.3) is 11.2 Å². The zero-order valence-corrected chi connectivity index (χ0v) is 11.5. The molecule has 108 valence electrons. The number of H-pyrrole nitrogens is 1. The molecule has 0 atom stereocenters. The quantitative estimate of drug-likeness (QED) is 0.663. The van der Waals surface area contributed by atoms with E-state index in [1.165, 1.54) is 17.9 Å². The fraction of sp³-hybridized carbons (Fsp3) is 0.250. The lowest BCUT2D eigenvalue weighted by molar-refractivity contribution is 0.709. The fourth-order valence-electron chi connectivity index (χ4n) is 2.01. The zero-order valence-electron chi connectivity index (χ0n) is 11.5. The molecule has 0 aliphatic carbocycles. The molecule has 0 aliphatic rings. The first kappa shape index (κ1) is 13.0. The molecule has 0 radical (unpaired) electrons. The van der Waals surface area contributed by atoms with E-state index in [0.29, 0.717) is 18.1 Å². The highest BCUT2D eigenvalue weighted by molar-refractivity contribution is 5.72. The lowest BCUT2D eigenvalue weighted by Gasteiger charge is -2.00. The third-order valence-corrected chi connectivity index (χ3v) is 3.17. The Kier molecular flexibility index (Phi) is 3.01. The summed E-state index contributed by atoms with van der Waals surface area (Å²) < 4.78 is 2.36. The largest absolute Gasteiger partial charge is 0.350 e. The van der Waals surface area contributed by atoms with Crippen LogP contribution in [-0.4, -0.2) is 29.1 Å². The Hall–Kier alpha value is -2.97. The number of hydrogen-bond acceptors (Lipinski definition) is 6. The molecule has 0 fully saturated rings. The van der Waals surface area contributed by atoms with Crippen molar-refractivity contribution in [3.05, 3.63) is 45.1 Å². The summed E-state index contributed by atoms with van der Waals surface area (Å²) >= 11 is 0. The zero-order chi connectivity index (χ0) is 15.0. The maximum absolute atomic E-state index is 12.0. The maximum atomic E-state index is 12.0. The summed E-state index contributed by atoms with van der Waals surface area (Å²) in [5.74, 6) is 0.405. The molecule has 0 aliphatic heterocycles. The number of fused-ring (bicyclic) bond motifs is 1. The Labute approximate surface area is 118 Å². The van der Waals surface area contributed by atoms with E-state index in [9.17, 15) is 9.59 Å². The summed E-state index contributed by atoms with van der Waals surface area (Å²) in [4.78, 5) is 38.9. The molecule has 0 unspecified atom stereocenters. The van der Waals surface area contributed by atoms with E-state index in [-0.39, 0.29) is 5.52 Å². The van der Waals surface area contributed by atoms with Crippen molar-refractivity contribution in [1.29, 1.82) is 0 Å². The number of aromatic nitrogens is 6. The highest BCUT2D eigenvalue weighted by Gasteiger charge is 2.13. The topological polar surface area (TPSA) is 110 Å². The molecule has 2 N–H and O–H groups in total.